The van der Waals surface area contributed by atoms with Gasteiger partial charge in [0.2, 0.25) is 0 Å². The molecular formula is C18H19ClF3N3O. The van der Waals surface area contributed by atoms with E-state index in [1.807, 2.05) is 6.92 Å². The average Bonchev–Trinajstić information content (AvgIpc) is 3.06. The Labute approximate surface area is 154 Å². The van der Waals surface area contributed by atoms with Crippen LogP contribution in [0.4, 0.5) is 13.2 Å². The summed E-state index contributed by atoms with van der Waals surface area (Å²) in [4.78, 5) is 14.3. The van der Waals surface area contributed by atoms with Crippen LogP contribution in [0.1, 0.15) is 42.2 Å². The predicted octanol–water partition coefficient (Wildman–Crippen LogP) is 4.81. The predicted molar refractivity (Wildman–Crippen MR) is 92.5 cm³/mol. The average molecular weight is 386 g/mol. The first-order chi connectivity index (χ1) is 12.3. The first-order valence-electron chi connectivity index (χ1n) is 8.51. The van der Waals surface area contributed by atoms with E-state index in [9.17, 15) is 18.0 Å². The summed E-state index contributed by atoms with van der Waals surface area (Å²) < 4.78 is 41.9. The molecular weight excluding hydrogens is 367 g/mol. The molecule has 1 aromatic carbocycles. The van der Waals surface area contributed by atoms with E-state index < -0.39 is 23.3 Å². The van der Waals surface area contributed by atoms with E-state index in [4.69, 9.17) is 11.6 Å². The van der Waals surface area contributed by atoms with Gasteiger partial charge in [-0.15, -0.1) is 0 Å². The Hall–Kier alpha value is -2.02. The van der Waals surface area contributed by atoms with Crippen LogP contribution in [0.5, 0.6) is 0 Å². The number of hydrogen-bond acceptors (Lipinski definition) is 2. The van der Waals surface area contributed by atoms with Crippen LogP contribution in [0.25, 0.3) is 5.69 Å². The zero-order chi connectivity index (χ0) is 18.9. The van der Waals surface area contributed by atoms with Gasteiger partial charge in [-0.05, 0) is 37.0 Å². The minimum Gasteiger partial charge on any atom is -0.338 e. The quantitative estimate of drug-likeness (QED) is 0.760. The van der Waals surface area contributed by atoms with E-state index in [0.717, 1.165) is 30.1 Å². The Morgan fingerprint density at radius 2 is 2.15 bits per heavy atom. The fourth-order valence-electron chi connectivity index (χ4n) is 3.33. The lowest BCUT2D eigenvalue weighted by Crippen LogP contribution is -2.40. The second-order valence-electron chi connectivity index (χ2n) is 6.46. The molecule has 0 spiro atoms. The fourth-order valence-corrected chi connectivity index (χ4v) is 3.52. The van der Waals surface area contributed by atoms with E-state index >= 15 is 0 Å². The topological polar surface area (TPSA) is 38.1 Å². The standard InChI is InChI=1S/C18H19ClF3N3O/c1-2-12-5-4-8-24(11-12)17(26)15-10-23-25(16(15)18(20,21)22)14-7-3-6-13(19)9-14/h3,6-7,9-10,12H,2,4-5,8,11H2,1H3. The number of halogens is 4. The van der Waals surface area contributed by atoms with Gasteiger partial charge < -0.3 is 4.90 Å². The summed E-state index contributed by atoms with van der Waals surface area (Å²) in [7, 11) is 0. The largest absolute Gasteiger partial charge is 0.434 e. The minimum absolute atomic E-state index is 0.161. The number of hydrogen-bond donors (Lipinski definition) is 0. The monoisotopic (exact) mass is 385 g/mol. The highest BCUT2D eigenvalue weighted by molar-refractivity contribution is 6.30. The first kappa shape index (κ1) is 18.8. The van der Waals surface area contributed by atoms with Gasteiger partial charge in [0.15, 0.2) is 5.69 Å². The molecule has 1 atom stereocenters. The Morgan fingerprint density at radius 3 is 2.81 bits per heavy atom. The summed E-state index contributed by atoms with van der Waals surface area (Å²) in [5.41, 5.74) is -1.33. The number of rotatable bonds is 3. The van der Waals surface area contributed by atoms with Crippen LogP contribution >= 0.6 is 11.6 Å². The molecule has 8 heteroatoms. The van der Waals surface area contributed by atoms with Crippen molar-refractivity contribution >= 4 is 17.5 Å². The normalized spacial score (nSPS) is 18.2. The van der Waals surface area contributed by atoms with Gasteiger partial charge in [0.1, 0.15) is 0 Å². The summed E-state index contributed by atoms with van der Waals surface area (Å²) in [5, 5.41) is 4.13. The van der Waals surface area contributed by atoms with E-state index in [2.05, 4.69) is 5.10 Å². The van der Waals surface area contributed by atoms with E-state index in [1.54, 1.807) is 6.07 Å². The Balaban J connectivity index is 2.01. The first-order valence-corrected chi connectivity index (χ1v) is 8.89. The summed E-state index contributed by atoms with van der Waals surface area (Å²) in [6.45, 7) is 2.97. The summed E-state index contributed by atoms with van der Waals surface area (Å²) >= 11 is 5.89. The minimum atomic E-state index is -4.72. The van der Waals surface area contributed by atoms with E-state index in [0.29, 0.717) is 24.0 Å². The molecule has 2 aromatic rings. The van der Waals surface area contributed by atoms with Gasteiger partial charge in [0.05, 0.1) is 17.4 Å². The zero-order valence-electron chi connectivity index (χ0n) is 14.3. The third-order valence-electron chi connectivity index (χ3n) is 4.70. The van der Waals surface area contributed by atoms with Crippen molar-refractivity contribution in [2.24, 2.45) is 5.92 Å². The maximum Gasteiger partial charge on any atom is 0.434 e. The highest BCUT2D eigenvalue weighted by atomic mass is 35.5. The summed E-state index contributed by atoms with van der Waals surface area (Å²) in [6.07, 6.45) is -1.02. The number of nitrogens with zero attached hydrogens (tertiary/aromatic N) is 3. The van der Waals surface area contributed by atoms with Gasteiger partial charge in [0, 0.05) is 18.1 Å². The Kier molecular flexibility index (Phi) is 5.27. The molecule has 0 bridgehead atoms. The molecule has 1 amide bonds. The maximum atomic E-state index is 13.7. The molecule has 2 heterocycles. The molecule has 26 heavy (non-hydrogen) atoms. The van der Waals surface area contributed by atoms with Crippen LogP contribution in [-0.4, -0.2) is 33.7 Å². The molecule has 1 aliphatic heterocycles. The van der Waals surface area contributed by atoms with E-state index in [1.165, 1.54) is 23.1 Å². The fraction of sp³-hybridized carbons (Fsp3) is 0.444. The van der Waals surface area contributed by atoms with Gasteiger partial charge >= 0.3 is 6.18 Å². The molecule has 140 valence electrons. The van der Waals surface area contributed by atoms with Crippen molar-refractivity contribution in [3.63, 3.8) is 0 Å². The smallest absolute Gasteiger partial charge is 0.338 e. The molecule has 1 aliphatic rings. The number of likely N-dealkylation sites (tertiary alicyclic amines) is 1. The molecule has 1 unspecified atom stereocenters. The van der Waals surface area contributed by atoms with Crippen LogP contribution < -0.4 is 0 Å². The maximum absolute atomic E-state index is 13.7. The summed E-state index contributed by atoms with van der Waals surface area (Å²) in [5.74, 6) is -0.297. The van der Waals surface area contributed by atoms with Gasteiger partial charge in [0.25, 0.3) is 5.91 Å². The molecule has 0 N–H and O–H groups in total. The number of carbonyl (C=O) groups excluding carboxylic acids is 1. The third-order valence-corrected chi connectivity index (χ3v) is 4.94. The zero-order valence-corrected chi connectivity index (χ0v) is 15.0. The molecule has 1 fully saturated rings. The van der Waals surface area contributed by atoms with Crippen molar-refractivity contribution in [2.45, 2.75) is 32.4 Å². The van der Waals surface area contributed by atoms with Crippen LogP contribution in [0, 0.1) is 5.92 Å². The number of carbonyl (C=O) groups is 1. The van der Waals surface area contributed by atoms with Crippen molar-refractivity contribution in [1.82, 2.24) is 14.7 Å². The number of benzene rings is 1. The van der Waals surface area contributed by atoms with Crippen LogP contribution in [-0.2, 0) is 6.18 Å². The lowest BCUT2D eigenvalue weighted by Gasteiger charge is -2.32. The van der Waals surface area contributed by atoms with E-state index in [-0.39, 0.29) is 5.69 Å². The highest BCUT2D eigenvalue weighted by Gasteiger charge is 2.41. The van der Waals surface area contributed by atoms with Crippen molar-refractivity contribution in [3.05, 3.63) is 46.7 Å². The molecule has 0 radical (unpaired) electrons. The molecule has 3 rings (SSSR count). The van der Waals surface area contributed by atoms with Crippen LogP contribution in [0.2, 0.25) is 5.02 Å². The number of aromatic nitrogens is 2. The van der Waals surface area contributed by atoms with Crippen molar-refractivity contribution in [3.8, 4) is 5.69 Å². The molecule has 1 saturated heterocycles. The highest BCUT2D eigenvalue weighted by Crippen LogP contribution is 2.35. The molecule has 4 nitrogen and oxygen atoms in total. The van der Waals surface area contributed by atoms with Crippen LogP contribution in [0.3, 0.4) is 0 Å². The Morgan fingerprint density at radius 1 is 1.38 bits per heavy atom. The molecule has 0 aliphatic carbocycles. The lowest BCUT2D eigenvalue weighted by molar-refractivity contribution is -0.143. The van der Waals surface area contributed by atoms with Gasteiger partial charge in [-0.1, -0.05) is 31.0 Å². The molecule has 1 aromatic heterocycles. The second-order valence-corrected chi connectivity index (χ2v) is 6.90. The lowest BCUT2D eigenvalue weighted by atomic mass is 9.95. The SMILES string of the molecule is CCC1CCCN(C(=O)c2cnn(-c3cccc(Cl)c3)c2C(F)(F)F)C1. The van der Waals surface area contributed by atoms with Gasteiger partial charge in [-0.25, -0.2) is 4.68 Å². The van der Waals surface area contributed by atoms with Gasteiger partial charge in [-0.2, -0.15) is 18.3 Å². The molecule has 0 saturated carbocycles. The van der Waals surface area contributed by atoms with Crippen LogP contribution in [0.15, 0.2) is 30.5 Å². The van der Waals surface area contributed by atoms with Crippen molar-refractivity contribution < 1.29 is 18.0 Å². The van der Waals surface area contributed by atoms with Gasteiger partial charge in [-0.3, -0.25) is 4.79 Å². The Bertz CT molecular complexity index is 803. The third kappa shape index (κ3) is 3.72. The van der Waals surface area contributed by atoms with Crippen molar-refractivity contribution in [1.29, 1.82) is 0 Å². The summed E-state index contributed by atoms with van der Waals surface area (Å²) in [6, 6.07) is 5.95. The number of piperidine rings is 1. The number of amides is 1. The number of alkyl halides is 3. The van der Waals surface area contributed by atoms with Crippen molar-refractivity contribution in [2.75, 3.05) is 13.1 Å². The second kappa shape index (κ2) is 7.31.